The van der Waals surface area contributed by atoms with E-state index in [0.717, 1.165) is 24.7 Å². The number of sulfonamides is 1. The molecule has 2 rings (SSSR count). The first-order valence-electron chi connectivity index (χ1n) is 11.9. The van der Waals surface area contributed by atoms with Gasteiger partial charge in [0.05, 0.1) is 24.3 Å². The number of halogens is 2. The van der Waals surface area contributed by atoms with Crippen LogP contribution in [0.1, 0.15) is 43.7 Å². The Hall–Kier alpha value is -3.10. The number of amides is 2. The van der Waals surface area contributed by atoms with Gasteiger partial charge in [-0.2, -0.15) is 4.98 Å². The molecule has 1 aromatic heterocycles. The SMILES string of the molecule is CC(C)CNC(=O)C(C(C)C)C(O)C(O)C(Cc1cc(F)cc(F)c1)NC(=O)c1coc(NS(C)(=O)=O)n1. The Balaban J connectivity index is 2.35. The summed E-state index contributed by atoms with van der Waals surface area (Å²) in [7, 11) is -3.74. The molecule has 0 aliphatic carbocycles. The van der Waals surface area contributed by atoms with Gasteiger partial charge in [-0.3, -0.25) is 9.59 Å². The fourth-order valence-electron chi connectivity index (χ4n) is 3.79. The van der Waals surface area contributed by atoms with E-state index >= 15 is 0 Å². The Morgan fingerprint density at radius 3 is 2.18 bits per heavy atom. The molecule has 0 radical (unpaired) electrons. The number of hydrogen-bond acceptors (Lipinski definition) is 8. The van der Waals surface area contributed by atoms with Gasteiger partial charge < -0.3 is 25.3 Å². The molecular weight excluding hydrogens is 526 g/mol. The van der Waals surface area contributed by atoms with E-state index < -0.39 is 69.6 Å². The van der Waals surface area contributed by atoms with Crippen LogP contribution in [0.4, 0.5) is 14.8 Å². The number of aromatic nitrogens is 1. The maximum Gasteiger partial charge on any atom is 0.309 e. The van der Waals surface area contributed by atoms with Crippen LogP contribution in [-0.2, 0) is 21.2 Å². The topological polar surface area (TPSA) is 171 Å². The molecule has 0 saturated carbocycles. The fraction of sp³-hybridized carbons (Fsp3) is 0.542. The Morgan fingerprint density at radius 2 is 1.66 bits per heavy atom. The van der Waals surface area contributed by atoms with Crippen molar-refractivity contribution in [1.82, 2.24) is 15.6 Å². The zero-order valence-corrected chi connectivity index (χ0v) is 22.6. The lowest BCUT2D eigenvalue weighted by molar-refractivity contribution is -0.135. The van der Waals surface area contributed by atoms with E-state index in [1.54, 1.807) is 13.8 Å². The molecule has 2 aromatic rings. The quantitative estimate of drug-likeness (QED) is 0.245. The molecule has 1 aromatic carbocycles. The number of benzene rings is 1. The molecule has 212 valence electrons. The molecule has 1 heterocycles. The van der Waals surface area contributed by atoms with E-state index in [2.05, 4.69) is 15.6 Å². The van der Waals surface area contributed by atoms with E-state index in [9.17, 15) is 37.0 Å². The van der Waals surface area contributed by atoms with Crippen LogP contribution in [0.5, 0.6) is 0 Å². The molecular formula is C24H34F2N4O7S. The molecule has 38 heavy (non-hydrogen) atoms. The number of aliphatic hydroxyl groups is 2. The third kappa shape index (κ3) is 9.33. The largest absolute Gasteiger partial charge is 0.431 e. The minimum Gasteiger partial charge on any atom is -0.431 e. The highest BCUT2D eigenvalue weighted by Gasteiger charge is 2.39. The van der Waals surface area contributed by atoms with Crippen molar-refractivity contribution in [3.8, 4) is 0 Å². The maximum absolute atomic E-state index is 13.8. The van der Waals surface area contributed by atoms with Crippen LogP contribution in [0.3, 0.4) is 0 Å². The number of rotatable bonds is 13. The molecule has 11 nitrogen and oxygen atoms in total. The van der Waals surface area contributed by atoms with Gasteiger partial charge in [0.2, 0.25) is 15.9 Å². The molecule has 0 saturated heterocycles. The van der Waals surface area contributed by atoms with Crippen LogP contribution in [0, 0.1) is 29.4 Å². The lowest BCUT2D eigenvalue weighted by Crippen LogP contribution is -2.55. The first-order valence-corrected chi connectivity index (χ1v) is 13.8. The van der Waals surface area contributed by atoms with Crippen LogP contribution < -0.4 is 15.4 Å². The lowest BCUT2D eigenvalue weighted by atomic mass is 9.83. The predicted molar refractivity (Wildman–Crippen MR) is 134 cm³/mol. The summed E-state index contributed by atoms with van der Waals surface area (Å²) in [5, 5.41) is 27.3. The summed E-state index contributed by atoms with van der Waals surface area (Å²) in [5.74, 6) is -4.58. The van der Waals surface area contributed by atoms with Gasteiger partial charge in [-0.1, -0.05) is 27.7 Å². The fourth-order valence-corrected chi connectivity index (χ4v) is 4.20. The van der Waals surface area contributed by atoms with Gasteiger partial charge >= 0.3 is 6.01 Å². The van der Waals surface area contributed by atoms with Crippen molar-refractivity contribution >= 4 is 27.9 Å². The summed E-state index contributed by atoms with van der Waals surface area (Å²) >= 11 is 0. The molecule has 0 spiro atoms. The minimum atomic E-state index is -3.74. The summed E-state index contributed by atoms with van der Waals surface area (Å²) < 4.78 is 57.3. The summed E-state index contributed by atoms with van der Waals surface area (Å²) in [4.78, 5) is 29.4. The van der Waals surface area contributed by atoms with E-state index in [1.165, 1.54) is 0 Å². The van der Waals surface area contributed by atoms with Crippen LogP contribution >= 0.6 is 0 Å². The summed E-state index contributed by atoms with van der Waals surface area (Å²) in [6.45, 7) is 7.47. The van der Waals surface area contributed by atoms with Gasteiger partial charge in [0, 0.05) is 12.6 Å². The van der Waals surface area contributed by atoms with Crippen LogP contribution in [0.2, 0.25) is 0 Å². The normalized spacial score (nSPS) is 15.1. The third-order valence-corrected chi connectivity index (χ3v) is 6.09. The molecule has 4 unspecified atom stereocenters. The molecule has 5 N–H and O–H groups in total. The molecule has 2 amide bonds. The monoisotopic (exact) mass is 560 g/mol. The van der Waals surface area contributed by atoms with Crippen molar-refractivity contribution in [2.45, 2.75) is 52.4 Å². The van der Waals surface area contributed by atoms with Crippen LogP contribution in [0.25, 0.3) is 0 Å². The van der Waals surface area contributed by atoms with E-state index in [4.69, 9.17) is 4.42 Å². The number of aliphatic hydroxyl groups excluding tert-OH is 2. The number of oxazole rings is 1. The predicted octanol–water partition coefficient (Wildman–Crippen LogP) is 1.43. The van der Waals surface area contributed by atoms with Crippen molar-refractivity contribution in [3.05, 3.63) is 47.4 Å². The highest BCUT2D eigenvalue weighted by Crippen LogP contribution is 2.23. The highest BCUT2D eigenvalue weighted by atomic mass is 32.2. The van der Waals surface area contributed by atoms with Gasteiger partial charge in [0.15, 0.2) is 5.69 Å². The number of nitrogens with one attached hydrogen (secondary N) is 3. The Labute approximate surface area is 220 Å². The third-order valence-electron chi connectivity index (χ3n) is 5.54. The summed E-state index contributed by atoms with van der Waals surface area (Å²) in [6.07, 6.45) is -2.05. The summed E-state index contributed by atoms with van der Waals surface area (Å²) in [5.41, 5.74) is -0.313. The maximum atomic E-state index is 13.8. The van der Waals surface area contributed by atoms with Gasteiger partial charge in [0.25, 0.3) is 5.91 Å². The number of carbonyl (C=O) groups is 2. The van der Waals surface area contributed by atoms with E-state index in [0.29, 0.717) is 12.6 Å². The van der Waals surface area contributed by atoms with Crippen molar-refractivity contribution in [3.63, 3.8) is 0 Å². The van der Waals surface area contributed by atoms with Gasteiger partial charge in [-0.15, -0.1) is 0 Å². The second kappa shape index (κ2) is 13.1. The molecule has 0 fully saturated rings. The molecule has 0 aliphatic heterocycles. The number of hydrogen-bond donors (Lipinski definition) is 5. The average molecular weight is 561 g/mol. The van der Waals surface area contributed by atoms with Crippen molar-refractivity contribution < 1.29 is 41.4 Å². The highest BCUT2D eigenvalue weighted by molar-refractivity contribution is 7.91. The van der Waals surface area contributed by atoms with Gasteiger partial charge in [-0.25, -0.2) is 21.9 Å². The Kier molecular flexibility index (Phi) is 10.7. The van der Waals surface area contributed by atoms with Crippen molar-refractivity contribution in [2.75, 3.05) is 17.5 Å². The smallest absolute Gasteiger partial charge is 0.309 e. The summed E-state index contributed by atoms with van der Waals surface area (Å²) in [6, 6.07) is 0.827. The van der Waals surface area contributed by atoms with Gasteiger partial charge in [0.1, 0.15) is 24.0 Å². The number of anilines is 1. The molecule has 0 bridgehead atoms. The lowest BCUT2D eigenvalue weighted by Gasteiger charge is -2.33. The minimum absolute atomic E-state index is 0.0593. The molecule has 0 aliphatic rings. The van der Waals surface area contributed by atoms with E-state index in [1.807, 2.05) is 18.6 Å². The standard InChI is InChI=1S/C24H34F2N4O7S/c1-12(2)10-27-23(34)19(13(3)4)21(32)20(31)17(8-14-6-15(25)9-16(26)7-14)28-22(33)18-11-37-24(29-18)30-38(5,35)36/h6-7,9,11-13,17,19-21,31-32H,8,10H2,1-5H3,(H,27,34)(H,28,33)(H,29,30). The average Bonchev–Trinajstić information content (AvgIpc) is 3.22. The molecule has 14 heteroatoms. The van der Waals surface area contributed by atoms with Gasteiger partial charge in [-0.05, 0) is 36.0 Å². The zero-order valence-electron chi connectivity index (χ0n) is 21.7. The zero-order chi connectivity index (χ0) is 28.8. The second-order valence-electron chi connectivity index (χ2n) is 9.86. The number of nitrogens with zero attached hydrogens (tertiary/aromatic N) is 1. The van der Waals surface area contributed by atoms with Crippen molar-refractivity contribution in [2.24, 2.45) is 17.8 Å². The second-order valence-corrected chi connectivity index (χ2v) is 11.6. The van der Waals surface area contributed by atoms with Crippen LogP contribution in [0.15, 0.2) is 28.9 Å². The first-order chi connectivity index (χ1) is 17.6. The van der Waals surface area contributed by atoms with Crippen LogP contribution in [-0.4, -0.2) is 66.5 Å². The Morgan fingerprint density at radius 1 is 1.05 bits per heavy atom. The van der Waals surface area contributed by atoms with Crippen molar-refractivity contribution in [1.29, 1.82) is 0 Å². The number of carbonyl (C=O) groups excluding carboxylic acids is 2. The Bertz CT molecular complexity index is 1200. The van der Waals surface area contributed by atoms with E-state index in [-0.39, 0.29) is 23.6 Å². The molecule has 4 atom stereocenters. The first kappa shape index (κ1) is 31.1.